The molecule has 0 saturated carbocycles. The molecule has 0 bridgehead atoms. The van der Waals surface area contributed by atoms with Crippen LogP contribution in [0.3, 0.4) is 0 Å². The van der Waals surface area contributed by atoms with Crippen molar-refractivity contribution in [1.82, 2.24) is 9.88 Å². The van der Waals surface area contributed by atoms with Gasteiger partial charge in [0.25, 0.3) is 0 Å². The lowest BCUT2D eigenvalue weighted by Crippen LogP contribution is -2.39. The van der Waals surface area contributed by atoms with E-state index in [0.717, 1.165) is 29.8 Å². The molecule has 7 heteroatoms. The Hall–Kier alpha value is -2.80. The number of hydrogen-bond donors (Lipinski definition) is 1. The molecule has 0 radical (unpaired) electrons. The van der Waals surface area contributed by atoms with Crippen LogP contribution in [0.2, 0.25) is 0 Å². The number of rotatable bonds is 5. The van der Waals surface area contributed by atoms with Crippen LogP contribution >= 0.6 is 11.8 Å². The maximum absolute atomic E-state index is 12.6. The zero-order valence-electron chi connectivity index (χ0n) is 15.2. The smallest absolute Gasteiger partial charge is 0.336 e. The van der Waals surface area contributed by atoms with Gasteiger partial charge < -0.3 is 14.4 Å². The number of carboxylic acids is 1. The van der Waals surface area contributed by atoms with E-state index in [1.807, 2.05) is 29.2 Å². The lowest BCUT2D eigenvalue weighted by atomic mass is 9.97. The number of nitrogens with zero attached hydrogens (tertiary/aromatic N) is 2. The Balaban J connectivity index is 1.33. The SMILES string of the molecule is O=C(O)c1ccccc1SCC(=O)N1CCC(c2nc3ccccc3o2)CC1. The van der Waals surface area contributed by atoms with Crippen molar-refractivity contribution in [1.29, 1.82) is 0 Å². The molecule has 1 saturated heterocycles. The zero-order chi connectivity index (χ0) is 19.5. The largest absolute Gasteiger partial charge is 0.478 e. The van der Waals surface area contributed by atoms with Crippen molar-refractivity contribution in [3.63, 3.8) is 0 Å². The Bertz CT molecular complexity index is 975. The van der Waals surface area contributed by atoms with Gasteiger partial charge in [0, 0.05) is 23.9 Å². The van der Waals surface area contributed by atoms with Crippen molar-refractivity contribution in [3.05, 3.63) is 60.0 Å². The molecule has 0 atom stereocenters. The van der Waals surface area contributed by atoms with Gasteiger partial charge in [-0.3, -0.25) is 4.79 Å². The number of piperidine rings is 1. The number of thioether (sulfide) groups is 1. The van der Waals surface area contributed by atoms with E-state index in [9.17, 15) is 14.7 Å². The van der Waals surface area contributed by atoms with E-state index in [0.29, 0.717) is 18.0 Å². The molecule has 2 aromatic carbocycles. The molecule has 28 heavy (non-hydrogen) atoms. The minimum Gasteiger partial charge on any atom is -0.478 e. The molecule has 0 unspecified atom stereocenters. The molecular weight excluding hydrogens is 376 g/mol. The Morgan fingerprint density at radius 2 is 1.82 bits per heavy atom. The quantitative estimate of drug-likeness (QED) is 0.656. The number of para-hydroxylation sites is 2. The van der Waals surface area contributed by atoms with Crippen molar-refractivity contribution in [2.45, 2.75) is 23.7 Å². The third-order valence-electron chi connectivity index (χ3n) is 4.98. The number of aromatic nitrogens is 1. The van der Waals surface area contributed by atoms with Gasteiger partial charge >= 0.3 is 5.97 Å². The van der Waals surface area contributed by atoms with E-state index in [2.05, 4.69) is 4.98 Å². The van der Waals surface area contributed by atoms with Crippen molar-refractivity contribution in [2.75, 3.05) is 18.8 Å². The second-order valence-corrected chi connectivity index (χ2v) is 7.78. The number of carboxylic acid groups (broad SMARTS) is 1. The lowest BCUT2D eigenvalue weighted by molar-refractivity contribution is -0.129. The van der Waals surface area contributed by atoms with Crippen molar-refractivity contribution in [3.8, 4) is 0 Å². The first-order chi connectivity index (χ1) is 13.6. The Morgan fingerprint density at radius 1 is 1.11 bits per heavy atom. The highest BCUT2D eigenvalue weighted by atomic mass is 32.2. The first-order valence-electron chi connectivity index (χ1n) is 9.20. The number of likely N-dealkylation sites (tertiary alicyclic amines) is 1. The van der Waals surface area contributed by atoms with Crippen LogP contribution in [0.25, 0.3) is 11.1 Å². The number of amides is 1. The van der Waals surface area contributed by atoms with Gasteiger partial charge in [-0.1, -0.05) is 24.3 Å². The van der Waals surface area contributed by atoms with Crippen LogP contribution in [-0.2, 0) is 4.79 Å². The highest BCUT2D eigenvalue weighted by Crippen LogP contribution is 2.30. The number of carbonyl (C=O) groups excluding carboxylic acids is 1. The number of oxazole rings is 1. The molecule has 0 aliphatic carbocycles. The summed E-state index contributed by atoms with van der Waals surface area (Å²) in [5.41, 5.74) is 1.89. The number of aromatic carboxylic acids is 1. The van der Waals surface area contributed by atoms with E-state index in [1.54, 1.807) is 24.3 Å². The minimum atomic E-state index is -0.977. The van der Waals surface area contributed by atoms with Crippen molar-refractivity contribution >= 4 is 34.7 Å². The minimum absolute atomic E-state index is 0.0289. The third kappa shape index (κ3) is 3.89. The average Bonchev–Trinajstić information content (AvgIpc) is 3.16. The number of hydrogen-bond acceptors (Lipinski definition) is 5. The summed E-state index contributed by atoms with van der Waals surface area (Å²) in [6, 6.07) is 14.5. The zero-order valence-corrected chi connectivity index (χ0v) is 16.0. The summed E-state index contributed by atoms with van der Waals surface area (Å²) in [4.78, 5) is 30.9. The monoisotopic (exact) mass is 396 g/mol. The van der Waals surface area contributed by atoms with E-state index < -0.39 is 5.97 Å². The fraction of sp³-hybridized carbons (Fsp3) is 0.286. The molecule has 1 aliphatic rings. The van der Waals surface area contributed by atoms with Gasteiger partial charge in [-0.05, 0) is 37.1 Å². The first kappa shape index (κ1) is 18.6. The fourth-order valence-electron chi connectivity index (χ4n) is 3.44. The van der Waals surface area contributed by atoms with Crippen molar-refractivity contribution in [2.24, 2.45) is 0 Å². The Kier molecular flexibility index (Phi) is 5.34. The predicted octanol–water partition coefficient (Wildman–Crippen LogP) is 4.02. The lowest BCUT2D eigenvalue weighted by Gasteiger charge is -2.30. The maximum atomic E-state index is 12.6. The second-order valence-electron chi connectivity index (χ2n) is 6.76. The van der Waals surface area contributed by atoms with Crippen LogP contribution in [0, 0.1) is 0 Å². The first-order valence-corrected chi connectivity index (χ1v) is 10.2. The molecule has 1 N–H and O–H groups in total. The molecular formula is C21H20N2O4S. The molecule has 1 amide bonds. The van der Waals surface area contributed by atoms with Crippen LogP contribution in [0.4, 0.5) is 0 Å². The number of benzene rings is 2. The standard InChI is InChI=1S/C21H20N2O4S/c24-19(13-28-18-8-4-1-5-15(18)21(25)26)23-11-9-14(10-12-23)20-22-16-6-2-3-7-17(16)27-20/h1-8,14H,9-13H2,(H,25,26). The molecule has 1 fully saturated rings. The number of carbonyl (C=O) groups is 2. The van der Waals surface area contributed by atoms with Crippen LogP contribution in [-0.4, -0.2) is 45.7 Å². The molecule has 2 heterocycles. The maximum Gasteiger partial charge on any atom is 0.336 e. The molecule has 1 aromatic heterocycles. The average molecular weight is 396 g/mol. The van der Waals surface area contributed by atoms with Crippen LogP contribution in [0.1, 0.15) is 35.0 Å². The van der Waals surface area contributed by atoms with Gasteiger partial charge in [-0.15, -0.1) is 11.8 Å². The second kappa shape index (κ2) is 8.06. The summed E-state index contributed by atoms with van der Waals surface area (Å²) in [6.07, 6.45) is 1.63. The van der Waals surface area contributed by atoms with Gasteiger partial charge in [0.1, 0.15) is 5.52 Å². The molecule has 144 valence electrons. The predicted molar refractivity (Wildman–Crippen MR) is 107 cm³/mol. The summed E-state index contributed by atoms with van der Waals surface area (Å²) in [5, 5.41) is 9.25. The molecule has 4 rings (SSSR count). The van der Waals surface area contributed by atoms with E-state index in [1.165, 1.54) is 11.8 Å². The summed E-state index contributed by atoms with van der Waals surface area (Å²) in [5.74, 6) is 0.253. The van der Waals surface area contributed by atoms with Crippen LogP contribution in [0.5, 0.6) is 0 Å². The Morgan fingerprint density at radius 3 is 2.57 bits per heavy atom. The normalized spacial score (nSPS) is 15.1. The topological polar surface area (TPSA) is 83.6 Å². The van der Waals surface area contributed by atoms with E-state index in [4.69, 9.17) is 4.42 Å². The van der Waals surface area contributed by atoms with E-state index in [-0.39, 0.29) is 23.1 Å². The summed E-state index contributed by atoms with van der Waals surface area (Å²) < 4.78 is 5.87. The number of fused-ring (bicyclic) bond motifs is 1. The molecule has 3 aromatic rings. The van der Waals surface area contributed by atoms with Crippen molar-refractivity contribution < 1.29 is 19.1 Å². The molecule has 6 nitrogen and oxygen atoms in total. The highest BCUT2D eigenvalue weighted by Gasteiger charge is 2.27. The Labute approximate surface area is 166 Å². The van der Waals surface area contributed by atoms with Crippen LogP contribution < -0.4 is 0 Å². The van der Waals surface area contributed by atoms with E-state index >= 15 is 0 Å². The summed E-state index contributed by atoms with van der Waals surface area (Å²) >= 11 is 1.27. The van der Waals surface area contributed by atoms with Gasteiger partial charge in [-0.2, -0.15) is 0 Å². The van der Waals surface area contributed by atoms with Gasteiger partial charge in [-0.25, -0.2) is 9.78 Å². The molecule has 0 spiro atoms. The highest BCUT2D eigenvalue weighted by molar-refractivity contribution is 8.00. The van der Waals surface area contributed by atoms with Crippen LogP contribution in [0.15, 0.2) is 57.8 Å². The van der Waals surface area contributed by atoms with Gasteiger partial charge in [0.15, 0.2) is 11.5 Å². The van der Waals surface area contributed by atoms with Gasteiger partial charge in [0.2, 0.25) is 5.91 Å². The summed E-state index contributed by atoms with van der Waals surface area (Å²) in [7, 11) is 0. The van der Waals surface area contributed by atoms with Gasteiger partial charge in [0.05, 0.1) is 11.3 Å². The third-order valence-corrected chi connectivity index (χ3v) is 6.03. The fourth-order valence-corrected chi connectivity index (χ4v) is 4.39. The summed E-state index contributed by atoms with van der Waals surface area (Å²) in [6.45, 7) is 1.31. The molecule has 1 aliphatic heterocycles.